The predicted molar refractivity (Wildman–Crippen MR) is 144 cm³/mol. The molecule has 0 spiro atoms. The molecule has 1 heterocycles. The van der Waals surface area contributed by atoms with Gasteiger partial charge in [-0.25, -0.2) is 5.43 Å². The Morgan fingerprint density at radius 2 is 1.86 bits per heavy atom. The first kappa shape index (κ1) is 24.5. The fourth-order valence-electron chi connectivity index (χ4n) is 3.34. The molecule has 0 atom stereocenters. The van der Waals surface area contributed by atoms with E-state index in [0.717, 1.165) is 20.1 Å². The van der Waals surface area contributed by atoms with E-state index >= 15 is 0 Å². The fourth-order valence-corrected chi connectivity index (χ4v) is 4.12. The molecule has 1 amide bonds. The molecule has 178 valence electrons. The number of ether oxygens (including phenoxy) is 3. The van der Waals surface area contributed by atoms with E-state index in [0.29, 0.717) is 29.4 Å². The highest BCUT2D eigenvalue weighted by Crippen LogP contribution is 2.34. The van der Waals surface area contributed by atoms with Crippen LogP contribution >= 0.6 is 22.6 Å². The second-order valence-electron chi connectivity index (χ2n) is 7.72. The van der Waals surface area contributed by atoms with Crippen molar-refractivity contribution < 1.29 is 19.0 Å². The number of benzene rings is 3. The number of methoxy groups -OCH3 is 1. The monoisotopic (exact) mass is 581 g/mol. The van der Waals surface area contributed by atoms with E-state index in [4.69, 9.17) is 14.2 Å². The molecule has 0 saturated heterocycles. The van der Waals surface area contributed by atoms with E-state index in [1.54, 1.807) is 31.7 Å². The number of hydrogen-bond acceptors (Lipinski definition) is 6. The van der Waals surface area contributed by atoms with Gasteiger partial charge < -0.3 is 14.2 Å². The summed E-state index contributed by atoms with van der Waals surface area (Å²) in [4.78, 5) is 16.5. The van der Waals surface area contributed by atoms with Gasteiger partial charge in [0.2, 0.25) is 0 Å². The minimum Gasteiger partial charge on any atom is -0.493 e. The number of pyridine rings is 1. The summed E-state index contributed by atoms with van der Waals surface area (Å²) in [6, 6.07) is 21.3. The summed E-state index contributed by atoms with van der Waals surface area (Å²) in [5.41, 5.74) is 6.22. The van der Waals surface area contributed by atoms with Crippen LogP contribution in [0, 0.1) is 10.5 Å². The van der Waals surface area contributed by atoms with Crippen LogP contribution in [-0.4, -0.2) is 30.8 Å². The molecule has 7 nitrogen and oxygen atoms in total. The lowest BCUT2D eigenvalue weighted by Gasteiger charge is -2.13. The van der Waals surface area contributed by atoms with Crippen molar-refractivity contribution in [3.63, 3.8) is 0 Å². The first-order valence-corrected chi connectivity index (χ1v) is 12.0. The van der Waals surface area contributed by atoms with Crippen molar-refractivity contribution in [3.8, 4) is 17.2 Å². The molecule has 35 heavy (non-hydrogen) atoms. The maximum atomic E-state index is 12.2. The molecule has 0 fully saturated rings. The summed E-state index contributed by atoms with van der Waals surface area (Å²) in [7, 11) is 1.59. The number of nitrogens with one attached hydrogen (secondary N) is 1. The van der Waals surface area contributed by atoms with Crippen LogP contribution in [0.5, 0.6) is 17.2 Å². The number of amides is 1. The van der Waals surface area contributed by atoms with Crippen molar-refractivity contribution >= 4 is 45.6 Å². The number of fused-ring (bicyclic) bond motifs is 1. The standard InChI is InChI=1S/C27H24IN3O4/c1-18-8-10-19(11-9-18)16-35-27-22(28)13-20(14-24(27)33-2)15-30-31-25(32)17-34-23-7-3-5-21-6-4-12-29-26(21)23/h3-15H,16-17H2,1-2H3,(H,31,32)/b30-15+. The van der Waals surface area contributed by atoms with Crippen molar-refractivity contribution in [2.75, 3.05) is 13.7 Å². The Morgan fingerprint density at radius 3 is 2.66 bits per heavy atom. The molecule has 4 aromatic rings. The number of aryl methyl sites for hydroxylation is 1. The van der Waals surface area contributed by atoms with Gasteiger partial charge in [0, 0.05) is 11.6 Å². The van der Waals surface area contributed by atoms with Crippen LogP contribution in [0.15, 0.2) is 78.0 Å². The minimum absolute atomic E-state index is 0.181. The number of para-hydroxylation sites is 1. The number of hydrazone groups is 1. The summed E-state index contributed by atoms with van der Waals surface area (Å²) in [5.74, 6) is 1.41. The third-order valence-electron chi connectivity index (χ3n) is 5.11. The molecule has 4 rings (SSSR count). The molecule has 8 heteroatoms. The number of rotatable bonds is 9. The average molecular weight is 581 g/mol. The van der Waals surface area contributed by atoms with Gasteiger partial charge in [0.05, 0.1) is 16.9 Å². The number of carbonyl (C=O) groups excluding carboxylic acids is 1. The summed E-state index contributed by atoms with van der Waals surface area (Å²) in [6.07, 6.45) is 3.24. The summed E-state index contributed by atoms with van der Waals surface area (Å²) in [6.45, 7) is 2.30. The number of nitrogens with zero attached hydrogens (tertiary/aromatic N) is 2. The van der Waals surface area contributed by atoms with Gasteiger partial charge in [0.25, 0.3) is 5.91 Å². The van der Waals surface area contributed by atoms with Gasteiger partial charge in [0.1, 0.15) is 17.9 Å². The highest BCUT2D eigenvalue weighted by Gasteiger charge is 2.12. The summed E-state index contributed by atoms with van der Waals surface area (Å²) < 4.78 is 18.0. The topological polar surface area (TPSA) is 82.0 Å². The number of halogens is 1. The summed E-state index contributed by atoms with van der Waals surface area (Å²) in [5, 5.41) is 4.99. The molecule has 1 N–H and O–H groups in total. The number of hydrogen-bond donors (Lipinski definition) is 1. The quantitative estimate of drug-likeness (QED) is 0.166. The number of aromatic nitrogens is 1. The lowest BCUT2D eigenvalue weighted by molar-refractivity contribution is -0.123. The molecule has 0 bridgehead atoms. The Morgan fingerprint density at radius 1 is 1.06 bits per heavy atom. The smallest absolute Gasteiger partial charge is 0.277 e. The zero-order valence-corrected chi connectivity index (χ0v) is 21.5. The van der Waals surface area contributed by atoms with Gasteiger partial charge in [-0.2, -0.15) is 5.10 Å². The van der Waals surface area contributed by atoms with Crippen LogP contribution in [0.1, 0.15) is 16.7 Å². The molecule has 0 saturated carbocycles. The van der Waals surface area contributed by atoms with E-state index in [1.807, 2.05) is 42.5 Å². The Balaban J connectivity index is 1.35. The van der Waals surface area contributed by atoms with E-state index in [9.17, 15) is 4.79 Å². The molecule has 3 aromatic carbocycles. The molecular weight excluding hydrogens is 557 g/mol. The molecule has 0 aliphatic rings. The Hall–Kier alpha value is -3.66. The Labute approximate surface area is 217 Å². The van der Waals surface area contributed by atoms with Crippen molar-refractivity contribution in [1.29, 1.82) is 0 Å². The zero-order chi connectivity index (χ0) is 24.6. The Kier molecular flexibility index (Phi) is 8.15. The lowest BCUT2D eigenvalue weighted by atomic mass is 10.2. The maximum absolute atomic E-state index is 12.2. The maximum Gasteiger partial charge on any atom is 0.277 e. The third-order valence-corrected chi connectivity index (χ3v) is 5.91. The van der Waals surface area contributed by atoms with Gasteiger partial charge in [-0.3, -0.25) is 9.78 Å². The normalized spacial score (nSPS) is 10.9. The SMILES string of the molecule is COc1cc(/C=N/NC(=O)COc2cccc3cccnc23)cc(I)c1OCc1ccc(C)cc1. The van der Waals surface area contributed by atoms with Crippen LogP contribution in [0.25, 0.3) is 10.9 Å². The number of carbonyl (C=O) groups is 1. The third kappa shape index (κ3) is 6.48. The second-order valence-corrected chi connectivity index (χ2v) is 8.88. The van der Waals surface area contributed by atoms with Crippen LogP contribution in [0.3, 0.4) is 0 Å². The van der Waals surface area contributed by atoms with Gasteiger partial charge in [-0.05, 0) is 64.9 Å². The van der Waals surface area contributed by atoms with Crippen molar-refractivity contribution in [2.24, 2.45) is 5.10 Å². The van der Waals surface area contributed by atoms with Crippen molar-refractivity contribution in [2.45, 2.75) is 13.5 Å². The first-order valence-electron chi connectivity index (χ1n) is 10.9. The Bertz CT molecular complexity index is 1350. The molecule has 0 unspecified atom stereocenters. The first-order chi connectivity index (χ1) is 17.0. The van der Waals surface area contributed by atoms with Crippen molar-refractivity contribution in [3.05, 3.63) is 93.2 Å². The largest absolute Gasteiger partial charge is 0.493 e. The molecule has 1 aromatic heterocycles. The second kappa shape index (κ2) is 11.7. The highest BCUT2D eigenvalue weighted by atomic mass is 127. The van der Waals surface area contributed by atoms with E-state index in [1.165, 1.54) is 5.56 Å². The van der Waals surface area contributed by atoms with Gasteiger partial charge in [0.15, 0.2) is 18.1 Å². The highest BCUT2D eigenvalue weighted by molar-refractivity contribution is 14.1. The van der Waals surface area contributed by atoms with Crippen LogP contribution in [-0.2, 0) is 11.4 Å². The molecular formula is C27H24IN3O4. The molecule has 0 radical (unpaired) electrons. The van der Waals surface area contributed by atoms with Crippen LogP contribution < -0.4 is 19.6 Å². The van der Waals surface area contributed by atoms with Gasteiger partial charge in [-0.15, -0.1) is 0 Å². The lowest BCUT2D eigenvalue weighted by Crippen LogP contribution is -2.24. The minimum atomic E-state index is -0.381. The predicted octanol–water partition coefficient (Wildman–Crippen LogP) is 5.26. The van der Waals surface area contributed by atoms with Crippen LogP contribution in [0.2, 0.25) is 0 Å². The van der Waals surface area contributed by atoms with Gasteiger partial charge >= 0.3 is 0 Å². The van der Waals surface area contributed by atoms with E-state index in [-0.39, 0.29) is 12.5 Å². The van der Waals surface area contributed by atoms with Crippen LogP contribution in [0.4, 0.5) is 0 Å². The zero-order valence-electron chi connectivity index (χ0n) is 19.3. The van der Waals surface area contributed by atoms with Crippen molar-refractivity contribution in [1.82, 2.24) is 10.4 Å². The van der Waals surface area contributed by atoms with Gasteiger partial charge in [-0.1, -0.05) is 48.0 Å². The van der Waals surface area contributed by atoms with E-state index < -0.39 is 0 Å². The summed E-state index contributed by atoms with van der Waals surface area (Å²) >= 11 is 2.19. The fraction of sp³-hybridized carbons (Fsp3) is 0.148. The molecule has 0 aliphatic carbocycles. The molecule has 0 aliphatic heterocycles. The van der Waals surface area contributed by atoms with E-state index in [2.05, 4.69) is 57.2 Å². The average Bonchev–Trinajstić information content (AvgIpc) is 2.87.